The summed E-state index contributed by atoms with van der Waals surface area (Å²) < 4.78 is 4.23. The van der Waals surface area contributed by atoms with Gasteiger partial charge in [0.1, 0.15) is 6.54 Å². The molecule has 0 saturated heterocycles. The predicted octanol–water partition coefficient (Wildman–Crippen LogP) is 3.07. The van der Waals surface area contributed by atoms with Crippen LogP contribution in [-0.2, 0) is 17.9 Å². The molecule has 0 saturated carbocycles. The van der Waals surface area contributed by atoms with Crippen molar-refractivity contribution in [2.24, 2.45) is 0 Å². The number of anilines is 1. The van der Waals surface area contributed by atoms with Crippen molar-refractivity contribution in [1.29, 1.82) is 0 Å². The number of rotatable bonds is 4. The summed E-state index contributed by atoms with van der Waals surface area (Å²) in [6, 6.07) is 15.1. The minimum absolute atomic E-state index is 0.00216. The third kappa shape index (κ3) is 3.17. The van der Waals surface area contributed by atoms with Gasteiger partial charge in [-0.05, 0) is 59.8 Å². The normalized spacial score (nSPS) is 10.9. The van der Waals surface area contributed by atoms with E-state index in [2.05, 4.69) is 27.9 Å². The molecule has 0 atom stereocenters. The maximum atomic E-state index is 12.5. The second-order valence-electron chi connectivity index (χ2n) is 5.16. The van der Waals surface area contributed by atoms with Crippen molar-refractivity contribution in [3.63, 3.8) is 0 Å². The highest BCUT2D eigenvalue weighted by atomic mass is 127. The number of hydrogen-bond donors (Lipinski definition) is 1. The van der Waals surface area contributed by atoms with E-state index in [1.807, 2.05) is 55.5 Å². The molecule has 0 unspecified atom stereocenters. The van der Waals surface area contributed by atoms with Gasteiger partial charge >= 0.3 is 5.69 Å². The lowest BCUT2D eigenvalue weighted by molar-refractivity contribution is -0.116. The van der Waals surface area contributed by atoms with E-state index >= 15 is 0 Å². The van der Waals surface area contributed by atoms with Crippen LogP contribution in [0.3, 0.4) is 0 Å². The van der Waals surface area contributed by atoms with Crippen LogP contribution in [0.1, 0.15) is 6.92 Å². The van der Waals surface area contributed by atoms with Crippen LogP contribution in [0.15, 0.2) is 53.3 Å². The lowest BCUT2D eigenvalue weighted by atomic mass is 10.3. The van der Waals surface area contributed by atoms with Gasteiger partial charge in [-0.1, -0.05) is 18.2 Å². The fourth-order valence-electron chi connectivity index (χ4n) is 2.64. The number of benzene rings is 2. The summed E-state index contributed by atoms with van der Waals surface area (Å²) in [6.45, 7) is 2.49. The zero-order valence-corrected chi connectivity index (χ0v) is 14.8. The smallest absolute Gasteiger partial charge is 0.324 e. The Morgan fingerprint density at radius 2 is 1.78 bits per heavy atom. The molecule has 0 aliphatic rings. The third-order valence-electron chi connectivity index (χ3n) is 3.65. The number of amides is 1. The van der Waals surface area contributed by atoms with Gasteiger partial charge in [-0.15, -0.1) is 0 Å². The van der Waals surface area contributed by atoms with E-state index in [9.17, 15) is 9.59 Å². The van der Waals surface area contributed by atoms with Gasteiger partial charge in [-0.25, -0.2) is 4.79 Å². The highest BCUT2D eigenvalue weighted by molar-refractivity contribution is 14.1. The van der Waals surface area contributed by atoms with Crippen molar-refractivity contribution in [2.75, 3.05) is 5.32 Å². The minimum atomic E-state index is -0.215. The first kappa shape index (κ1) is 15.8. The molecule has 3 aromatic rings. The number of imidazole rings is 1. The van der Waals surface area contributed by atoms with Crippen LogP contribution >= 0.6 is 22.6 Å². The molecule has 0 aliphatic heterocycles. The molecule has 6 heteroatoms. The molecule has 3 rings (SSSR count). The number of nitrogens with zero attached hydrogens (tertiary/aromatic N) is 2. The number of aryl methyl sites for hydroxylation is 1. The standard InChI is InChI=1S/C17H16IN3O2/c1-2-20-14-8-3-4-9-15(14)21(17(20)23)11-16(22)19-13-7-5-6-12(18)10-13/h3-10H,2,11H2,1H3,(H,19,22). The second kappa shape index (κ2) is 6.57. The number of carbonyl (C=O) groups is 1. The number of halogens is 1. The predicted molar refractivity (Wildman–Crippen MR) is 99.7 cm³/mol. The maximum absolute atomic E-state index is 12.5. The van der Waals surface area contributed by atoms with Gasteiger partial charge < -0.3 is 5.32 Å². The van der Waals surface area contributed by atoms with Crippen molar-refractivity contribution in [2.45, 2.75) is 20.0 Å². The van der Waals surface area contributed by atoms with Gasteiger partial charge in [0.05, 0.1) is 11.0 Å². The number of para-hydroxylation sites is 2. The van der Waals surface area contributed by atoms with Gasteiger partial charge in [-0.3, -0.25) is 13.9 Å². The van der Waals surface area contributed by atoms with Crippen LogP contribution in [0, 0.1) is 3.57 Å². The van der Waals surface area contributed by atoms with Gasteiger partial charge in [0, 0.05) is 15.8 Å². The van der Waals surface area contributed by atoms with Crippen molar-refractivity contribution in [1.82, 2.24) is 9.13 Å². The fraction of sp³-hybridized carbons (Fsp3) is 0.176. The molecule has 1 aromatic heterocycles. The van der Waals surface area contributed by atoms with E-state index in [4.69, 9.17) is 0 Å². The Kier molecular flexibility index (Phi) is 4.51. The molecule has 0 aliphatic carbocycles. The van der Waals surface area contributed by atoms with Crippen LogP contribution in [0.5, 0.6) is 0 Å². The number of hydrogen-bond acceptors (Lipinski definition) is 2. The average Bonchev–Trinajstić information content (AvgIpc) is 2.79. The largest absolute Gasteiger partial charge is 0.329 e. The molecule has 1 N–H and O–H groups in total. The summed E-state index contributed by atoms with van der Waals surface area (Å²) >= 11 is 2.19. The summed E-state index contributed by atoms with van der Waals surface area (Å²) in [7, 11) is 0. The van der Waals surface area contributed by atoms with Crippen molar-refractivity contribution < 1.29 is 4.79 Å². The molecule has 0 radical (unpaired) electrons. The van der Waals surface area contributed by atoms with Crippen LogP contribution in [0.25, 0.3) is 11.0 Å². The van der Waals surface area contributed by atoms with Gasteiger partial charge in [0.15, 0.2) is 0 Å². The quantitative estimate of drug-likeness (QED) is 0.659. The van der Waals surface area contributed by atoms with Crippen molar-refractivity contribution in [3.8, 4) is 0 Å². The Morgan fingerprint density at radius 3 is 2.43 bits per heavy atom. The molecule has 0 bridgehead atoms. The van der Waals surface area contributed by atoms with Crippen molar-refractivity contribution in [3.05, 3.63) is 62.6 Å². The van der Waals surface area contributed by atoms with E-state index < -0.39 is 0 Å². The van der Waals surface area contributed by atoms with E-state index in [0.29, 0.717) is 6.54 Å². The minimum Gasteiger partial charge on any atom is -0.324 e. The van der Waals surface area contributed by atoms with E-state index in [0.717, 1.165) is 20.3 Å². The van der Waals surface area contributed by atoms with Crippen LogP contribution in [0.4, 0.5) is 5.69 Å². The molecule has 2 aromatic carbocycles. The summed E-state index contributed by atoms with van der Waals surface area (Å²) in [5.41, 5.74) is 2.19. The van der Waals surface area contributed by atoms with Gasteiger partial charge in [0.25, 0.3) is 0 Å². The highest BCUT2D eigenvalue weighted by Crippen LogP contribution is 2.14. The zero-order chi connectivity index (χ0) is 16.4. The Morgan fingerprint density at radius 1 is 1.09 bits per heavy atom. The molecule has 0 fully saturated rings. The third-order valence-corrected chi connectivity index (χ3v) is 4.32. The van der Waals surface area contributed by atoms with E-state index in [-0.39, 0.29) is 18.1 Å². The highest BCUT2D eigenvalue weighted by Gasteiger charge is 2.14. The van der Waals surface area contributed by atoms with Crippen LogP contribution in [0.2, 0.25) is 0 Å². The Labute approximate surface area is 147 Å². The number of carbonyl (C=O) groups excluding carboxylic acids is 1. The Balaban J connectivity index is 1.91. The van der Waals surface area contributed by atoms with Gasteiger partial charge in [0.2, 0.25) is 5.91 Å². The molecular formula is C17H16IN3O2. The van der Waals surface area contributed by atoms with Crippen LogP contribution in [-0.4, -0.2) is 15.0 Å². The average molecular weight is 421 g/mol. The summed E-state index contributed by atoms with van der Waals surface area (Å²) in [4.78, 5) is 24.8. The summed E-state index contributed by atoms with van der Waals surface area (Å²) in [6.07, 6.45) is 0. The summed E-state index contributed by atoms with van der Waals surface area (Å²) in [5.74, 6) is -0.215. The fourth-order valence-corrected chi connectivity index (χ4v) is 3.18. The molecular weight excluding hydrogens is 405 g/mol. The first-order valence-electron chi connectivity index (χ1n) is 7.33. The monoisotopic (exact) mass is 421 g/mol. The van der Waals surface area contributed by atoms with Gasteiger partial charge in [-0.2, -0.15) is 0 Å². The molecule has 1 amide bonds. The SMILES string of the molecule is CCn1c(=O)n(CC(=O)Nc2cccc(I)c2)c2ccccc21. The lowest BCUT2D eigenvalue weighted by Gasteiger charge is -2.06. The molecule has 1 heterocycles. The first-order chi connectivity index (χ1) is 11.1. The molecule has 23 heavy (non-hydrogen) atoms. The van der Waals surface area contributed by atoms with Crippen LogP contribution < -0.4 is 11.0 Å². The first-order valence-corrected chi connectivity index (χ1v) is 8.41. The number of nitrogens with one attached hydrogen (secondary N) is 1. The van der Waals surface area contributed by atoms with E-state index in [1.165, 1.54) is 4.57 Å². The Bertz CT molecular complexity index is 927. The molecule has 5 nitrogen and oxygen atoms in total. The maximum Gasteiger partial charge on any atom is 0.329 e. The lowest BCUT2D eigenvalue weighted by Crippen LogP contribution is -2.29. The molecule has 118 valence electrons. The Hall–Kier alpha value is -2.09. The topological polar surface area (TPSA) is 56.0 Å². The number of fused-ring (bicyclic) bond motifs is 1. The summed E-state index contributed by atoms with van der Waals surface area (Å²) in [5, 5.41) is 2.84. The van der Waals surface area contributed by atoms with E-state index in [1.54, 1.807) is 4.57 Å². The zero-order valence-electron chi connectivity index (χ0n) is 12.6. The second-order valence-corrected chi connectivity index (χ2v) is 6.41. The molecule has 0 spiro atoms. The van der Waals surface area contributed by atoms with Crippen molar-refractivity contribution >= 4 is 45.2 Å². The number of aromatic nitrogens is 2.